The number of amides is 1. The number of aliphatic hydroxyl groups excluding tert-OH is 1. The van der Waals surface area contributed by atoms with Crippen LogP contribution in [0.15, 0.2) is 66.9 Å². The number of rotatable bonds is 5. The first-order valence-corrected chi connectivity index (χ1v) is 11.6. The average Bonchev–Trinajstić information content (AvgIpc) is 3.27. The SMILES string of the molecule is O=C(c1cc(-c2ccccc2)nc2c1cnn2Cc1ccc(Cl)cc1)N1CCCC(CO)C1. The molecule has 4 aromatic rings. The number of fused-ring (bicyclic) bond motifs is 1. The summed E-state index contributed by atoms with van der Waals surface area (Å²) >= 11 is 6.03. The van der Waals surface area contributed by atoms with Crippen molar-refractivity contribution in [2.24, 2.45) is 5.92 Å². The van der Waals surface area contributed by atoms with Crippen molar-refractivity contribution in [1.82, 2.24) is 19.7 Å². The molecule has 5 rings (SSSR count). The second-order valence-electron chi connectivity index (χ2n) is 8.53. The number of carbonyl (C=O) groups excluding carboxylic acids is 1. The van der Waals surface area contributed by atoms with Gasteiger partial charge >= 0.3 is 0 Å². The van der Waals surface area contributed by atoms with Gasteiger partial charge in [-0.2, -0.15) is 5.10 Å². The molecule has 7 heteroatoms. The zero-order chi connectivity index (χ0) is 22.8. The van der Waals surface area contributed by atoms with Gasteiger partial charge in [0.15, 0.2) is 5.65 Å². The first-order valence-electron chi connectivity index (χ1n) is 11.2. The predicted octanol–water partition coefficient (Wildman–Crippen LogP) is 4.64. The first-order chi connectivity index (χ1) is 16.1. The van der Waals surface area contributed by atoms with Crippen molar-refractivity contribution in [2.75, 3.05) is 19.7 Å². The maximum atomic E-state index is 13.6. The molecule has 1 N–H and O–H groups in total. The number of carbonyl (C=O) groups is 1. The van der Waals surface area contributed by atoms with E-state index < -0.39 is 0 Å². The lowest BCUT2D eigenvalue weighted by Crippen LogP contribution is -2.41. The molecule has 1 aliphatic heterocycles. The van der Waals surface area contributed by atoms with Gasteiger partial charge in [0.1, 0.15) is 0 Å². The lowest BCUT2D eigenvalue weighted by Gasteiger charge is -2.32. The Morgan fingerprint density at radius 1 is 1.12 bits per heavy atom. The first kappa shape index (κ1) is 21.6. The van der Waals surface area contributed by atoms with Gasteiger partial charge in [-0.05, 0) is 42.5 Å². The highest BCUT2D eigenvalue weighted by Gasteiger charge is 2.27. The van der Waals surface area contributed by atoms with Crippen molar-refractivity contribution in [3.63, 3.8) is 0 Å². The fourth-order valence-electron chi connectivity index (χ4n) is 4.43. The summed E-state index contributed by atoms with van der Waals surface area (Å²) in [5.74, 6) is 0.0880. The lowest BCUT2D eigenvalue weighted by atomic mass is 9.97. The van der Waals surface area contributed by atoms with Gasteiger partial charge < -0.3 is 10.0 Å². The molecule has 0 bridgehead atoms. The van der Waals surface area contributed by atoms with Crippen LogP contribution in [0.1, 0.15) is 28.8 Å². The minimum atomic E-state index is -0.0382. The topological polar surface area (TPSA) is 71.2 Å². The van der Waals surface area contributed by atoms with Gasteiger partial charge in [-0.15, -0.1) is 0 Å². The van der Waals surface area contributed by atoms with E-state index in [4.69, 9.17) is 16.6 Å². The molecule has 0 saturated carbocycles. The molecule has 0 spiro atoms. The third kappa shape index (κ3) is 4.49. The summed E-state index contributed by atoms with van der Waals surface area (Å²) < 4.78 is 1.83. The number of hydrogen-bond donors (Lipinski definition) is 1. The number of likely N-dealkylation sites (tertiary alicyclic amines) is 1. The molecule has 1 aliphatic rings. The van der Waals surface area contributed by atoms with E-state index in [2.05, 4.69) is 5.10 Å². The molecule has 168 valence electrons. The number of benzene rings is 2. The van der Waals surface area contributed by atoms with E-state index in [1.807, 2.05) is 70.2 Å². The van der Waals surface area contributed by atoms with Gasteiger partial charge in [-0.25, -0.2) is 9.67 Å². The van der Waals surface area contributed by atoms with Crippen LogP contribution in [0.25, 0.3) is 22.3 Å². The van der Waals surface area contributed by atoms with E-state index in [-0.39, 0.29) is 18.4 Å². The van der Waals surface area contributed by atoms with E-state index in [1.54, 1.807) is 6.20 Å². The molecule has 1 saturated heterocycles. The molecule has 0 radical (unpaired) electrons. The molecule has 2 aromatic carbocycles. The summed E-state index contributed by atoms with van der Waals surface area (Å²) in [5.41, 5.74) is 4.00. The van der Waals surface area contributed by atoms with Crippen molar-refractivity contribution in [2.45, 2.75) is 19.4 Å². The molecule has 1 atom stereocenters. The predicted molar refractivity (Wildman–Crippen MR) is 129 cm³/mol. The highest BCUT2D eigenvalue weighted by atomic mass is 35.5. The van der Waals surface area contributed by atoms with Gasteiger partial charge in [0.2, 0.25) is 0 Å². The Morgan fingerprint density at radius 3 is 2.67 bits per heavy atom. The third-order valence-electron chi connectivity index (χ3n) is 6.22. The molecule has 2 aromatic heterocycles. The number of hydrogen-bond acceptors (Lipinski definition) is 4. The van der Waals surface area contributed by atoms with E-state index >= 15 is 0 Å². The van der Waals surface area contributed by atoms with Crippen LogP contribution in [0.4, 0.5) is 0 Å². The highest BCUT2D eigenvalue weighted by Crippen LogP contribution is 2.28. The van der Waals surface area contributed by atoms with Crippen LogP contribution in [-0.4, -0.2) is 50.4 Å². The summed E-state index contributed by atoms with van der Waals surface area (Å²) in [6.07, 6.45) is 3.57. The van der Waals surface area contributed by atoms with E-state index in [9.17, 15) is 9.90 Å². The summed E-state index contributed by atoms with van der Waals surface area (Å²) in [6.45, 7) is 1.89. The number of aliphatic hydroxyl groups is 1. The lowest BCUT2D eigenvalue weighted by molar-refractivity contribution is 0.0622. The zero-order valence-electron chi connectivity index (χ0n) is 18.2. The quantitative estimate of drug-likeness (QED) is 0.470. The van der Waals surface area contributed by atoms with Crippen molar-refractivity contribution in [1.29, 1.82) is 0 Å². The van der Waals surface area contributed by atoms with Crippen LogP contribution in [0.2, 0.25) is 5.02 Å². The maximum absolute atomic E-state index is 13.6. The Kier molecular flexibility index (Phi) is 6.11. The summed E-state index contributed by atoms with van der Waals surface area (Å²) in [5, 5.41) is 15.6. The fraction of sp³-hybridized carbons (Fsp3) is 0.269. The van der Waals surface area contributed by atoms with E-state index in [0.717, 1.165) is 35.0 Å². The summed E-state index contributed by atoms with van der Waals surface area (Å²) in [6, 6.07) is 19.4. The maximum Gasteiger partial charge on any atom is 0.254 e. The molecule has 3 heterocycles. The minimum Gasteiger partial charge on any atom is -0.396 e. The van der Waals surface area contributed by atoms with Crippen molar-refractivity contribution in [3.8, 4) is 11.3 Å². The van der Waals surface area contributed by atoms with Gasteiger partial charge in [-0.1, -0.05) is 54.1 Å². The Bertz CT molecular complexity index is 1270. The van der Waals surface area contributed by atoms with Crippen molar-refractivity contribution >= 4 is 28.5 Å². The highest BCUT2D eigenvalue weighted by molar-refractivity contribution is 6.30. The van der Waals surface area contributed by atoms with Crippen LogP contribution in [0, 0.1) is 5.92 Å². The summed E-state index contributed by atoms with van der Waals surface area (Å²) in [4.78, 5) is 20.4. The normalized spacial score (nSPS) is 16.3. The largest absolute Gasteiger partial charge is 0.396 e. The number of pyridine rings is 1. The Labute approximate surface area is 197 Å². The van der Waals surface area contributed by atoms with E-state index in [0.29, 0.717) is 35.9 Å². The minimum absolute atomic E-state index is 0.0382. The molecule has 33 heavy (non-hydrogen) atoms. The fourth-order valence-corrected chi connectivity index (χ4v) is 4.55. The van der Waals surface area contributed by atoms with Gasteiger partial charge in [0.05, 0.1) is 29.4 Å². The second kappa shape index (κ2) is 9.33. The number of piperidine rings is 1. The molecule has 1 fully saturated rings. The molecular formula is C26H25ClN4O2. The molecular weight excluding hydrogens is 436 g/mol. The van der Waals surface area contributed by atoms with Gasteiger partial charge in [0, 0.05) is 30.3 Å². The Balaban J connectivity index is 1.59. The molecule has 0 aliphatic carbocycles. The molecule has 1 unspecified atom stereocenters. The second-order valence-corrected chi connectivity index (χ2v) is 8.97. The Morgan fingerprint density at radius 2 is 1.91 bits per heavy atom. The molecule has 1 amide bonds. The van der Waals surface area contributed by atoms with Crippen LogP contribution in [-0.2, 0) is 6.54 Å². The van der Waals surface area contributed by atoms with Crippen LogP contribution in [0.3, 0.4) is 0 Å². The smallest absolute Gasteiger partial charge is 0.254 e. The van der Waals surface area contributed by atoms with Crippen molar-refractivity contribution in [3.05, 3.63) is 83.0 Å². The number of halogens is 1. The standard InChI is InChI=1S/C26H25ClN4O2/c27-21-10-8-18(9-11-21)16-31-25-23(14-28-31)22(13-24(29-25)20-6-2-1-3-7-20)26(33)30-12-4-5-19(15-30)17-32/h1-3,6-11,13-14,19,32H,4-5,12,15-17H2. The summed E-state index contributed by atoms with van der Waals surface area (Å²) in [7, 11) is 0. The van der Waals surface area contributed by atoms with Gasteiger partial charge in [0.25, 0.3) is 5.91 Å². The Hall–Kier alpha value is -3.22. The zero-order valence-corrected chi connectivity index (χ0v) is 18.9. The van der Waals surface area contributed by atoms with Crippen LogP contribution in [0.5, 0.6) is 0 Å². The van der Waals surface area contributed by atoms with Gasteiger partial charge in [-0.3, -0.25) is 4.79 Å². The monoisotopic (exact) mass is 460 g/mol. The molecule has 6 nitrogen and oxygen atoms in total. The van der Waals surface area contributed by atoms with Crippen LogP contribution >= 0.6 is 11.6 Å². The van der Waals surface area contributed by atoms with E-state index in [1.165, 1.54) is 0 Å². The number of nitrogens with zero attached hydrogens (tertiary/aromatic N) is 4. The number of aromatic nitrogens is 3. The average molecular weight is 461 g/mol. The van der Waals surface area contributed by atoms with Crippen LogP contribution < -0.4 is 0 Å². The van der Waals surface area contributed by atoms with Crippen molar-refractivity contribution < 1.29 is 9.90 Å². The third-order valence-corrected chi connectivity index (χ3v) is 6.47.